The van der Waals surface area contributed by atoms with Gasteiger partial charge < -0.3 is 20.3 Å². The number of hydrogen-bond acceptors (Lipinski definition) is 4. The predicted molar refractivity (Wildman–Crippen MR) is 108 cm³/mol. The van der Waals surface area contributed by atoms with Crippen LogP contribution in [0.15, 0.2) is 42.5 Å². The Morgan fingerprint density at radius 3 is 2.31 bits per heavy atom. The Morgan fingerprint density at radius 1 is 1.03 bits per heavy atom. The molecule has 0 aromatic heterocycles. The molecule has 0 aliphatic heterocycles. The molecule has 1 amide bonds. The molecule has 0 saturated carbocycles. The molecule has 2 aromatic carbocycles. The number of hydrogen-bond donors (Lipinski definition) is 3. The largest absolute Gasteiger partial charge is 0.496 e. The van der Waals surface area contributed by atoms with E-state index in [9.17, 15) is 14.4 Å². The highest BCUT2D eigenvalue weighted by atomic mass is 35.5. The fourth-order valence-corrected chi connectivity index (χ4v) is 3.09. The van der Waals surface area contributed by atoms with Gasteiger partial charge in [0, 0.05) is 23.0 Å². The first-order chi connectivity index (χ1) is 13.8. The van der Waals surface area contributed by atoms with E-state index in [4.69, 9.17) is 26.6 Å². The van der Waals surface area contributed by atoms with Crippen molar-refractivity contribution in [3.8, 4) is 16.9 Å². The average molecular weight is 420 g/mol. The van der Waals surface area contributed by atoms with Crippen LogP contribution in [-0.2, 0) is 20.8 Å². The minimum Gasteiger partial charge on any atom is -0.496 e. The molecule has 0 aliphatic carbocycles. The van der Waals surface area contributed by atoms with Gasteiger partial charge in [-0.15, -0.1) is 0 Å². The Balaban J connectivity index is 2.12. The molecule has 1 atom stereocenters. The molecule has 0 fully saturated rings. The zero-order valence-corrected chi connectivity index (χ0v) is 16.6. The number of ether oxygens (including phenoxy) is 1. The maximum atomic E-state index is 11.9. The third kappa shape index (κ3) is 7.12. The summed E-state index contributed by atoms with van der Waals surface area (Å²) in [7, 11) is 1.57. The van der Waals surface area contributed by atoms with Crippen LogP contribution in [-0.4, -0.2) is 41.2 Å². The van der Waals surface area contributed by atoms with E-state index in [1.165, 1.54) is 0 Å². The van der Waals surface area contributed by atoms with Crippen molar-refractivity contribution in [1.29, 1.82) is 0 Å². The lowest BCUT2D eigenvalue weighted by Crippen LogP contribution is -2.38. The van der Waals surface area contributed by atoms with Crippen LogP contribution >= 0.6 is 11.6 Å². The number of nitrogens with one attached hydrogen (secondary N) is 1. The summed E-state index contributed by atoms with van der Waals surface area (Å²) in [5, 5.41) is 20.9. The van der Waals surface area contributed by atoms with Gasteiger partial charge in [-0.05, 0) is 35.7 Å². The Bertz CT molecular complexity index is 881. The predicted octanol–water partition coefficient (Wildman–Crippen LogP) is 3.38. The van der Waals surface area contributed by atoms with E-state index >= 15 is 0 Å². The molecule has 1 unspecified atom stereocenters. The number of halogens is 1. The first-order valence-corrected chi connectivity index (χ1v) is 9.32. The molecule has 29 heavy (non-hydrogen) atoms. The molecule has 0 radical (unpaired) electrons. The van der Waals surface area contributed by atoms with Crippen LogP contribution in [0.4, 0.5) is 0 Å². The fourth-order valence-electron chi connectivity index (χ4n) is 2.92. The first-order valence-electron chi connectivity index (χ1n) is 8.94. The lowest BCUT2D eigenvalue weighted by Gasteiger charge is -2.17. The maximum absolute atomic E-state index is 11.9. The van der Waals surface area contributed by atoms with Gasteiger partial charge in [0.05, 0.1) is 20.0 Å². The number of benzene rings is 2. The van der Waals surface area contributed by atoms with E-state index < -0.39 is 23.9 Å². The van der Waals surface area contributed by atoms with Crippen molar-refractivity contribution < 1.29 is 29.3 Å². The molecule has 2 rings (SSSR count). The van der Waals surface area contributed by atoms with Gasteiger partial charge in [0.2, 0.25) is 5.91 Å². The van der Waals surface area contributed by atoms with Gasteiger partial charge in [-0.25, -0.2) is 0 Å². The van der Waals surface area contributed by atoms with Gasteiger partial charge in [0.15, 0.2) is 0 Å². The lowest BCUT2D eigenvalue weighted by molar-refractivity contribution is -0.140. The van der Waals surface area contributed by atoms with Crippen LogP contribution < -0.4 is 10.1 Å². The van der Waals surface area contributed by atoms with Gasteiger partial charge in [0.25, 0.3) is 0 Å². The van der Waals surface area contributed by atoms with Crippen LogP contribution in [0.2, 0.25) is 5.02 Å². The van der Waals surface area contributed by atoms with Crippen LogP contribution in [0.5, 0.6) is 5.75 Å². The second-order valence-electron chi connectivity index (χ2n) is 6.50. The summed E-state index contributed by atoms with van der Waals surface area (Å²) in [6, 6.07) is 12.1. The van der Waals surface area contributed by atoms with E-state index in [1.54, 1.807) is 25.3 Å². The van der Waals surface area contributed by atoms with Crippen molar-refractivity contribution in [3.05, 3.63) is 53.1 Å². The summed E-state index contributed by atoms with van der Waals surface area (Å²) in [5.74, 6) is -1.94. The molecule has 0 heterocycles. The van der Waals surface area contributed by atoms with Crippen LogP contribution in [0, 0.1) is 0 Å². The molecule has 3 N–H and O–H groups in total. The highest BCUT2D eigenvalue weighted by Gasteiger charge is 2.17. The topological polar surface area (TPSA) is 113 Å². The molecule has 0 saturated heterocycles. The van der Waals surface area contributed by atoms with Gasteiger partial charge >= 0.3 is 11.9 Å². The third-order valence-corrected chi connectivity index (χ3v) is 4.50. The zero-order valence-electron chi connectivity index (χ0n) is 15.9. The summed E-state index contributed by atoms with van der Waals surface area (Å²) >= 11 is 6.08. The summed E-state index contributed by atoms with van der Waals surface area (Å²) in [6.45, 7) is 0. The van der Waals surface area contributed by atoms with Crippen molar-refractivity contribution in [2.75, 3.05) is 7.11 Å². The number of rotatable bonds is 10. The Labute approximate surface area is 173 Å². The van der Waals surface area contributed by atoms with Crippen LogP contribution in [0.1, 0.15) is 24.8 Å². The van der Waals surface area contributed by atoms with Gasteiger partial charge in [-0.2, -0.15) is 0 Å². The standard InChI is InChI=1S/C21H22ClNO6/c1-29-18-7-6-15(22)11-17(18)14-4-2-13(3-5-14)10-16(12-21(27)28)23-19(24)8-9-20(25)26/h2-7,11,16H,8-10,12H2,1H3,(H,23,24)(H,25,26)(H,27,28). The summed E-state index contributed by atoms with van der Waals surface area (Å²) < 4.78 is 5.36. The lowest BCUT2D eigenvalue weighted by atomic mass is 9.98. The summed E-state index contributed by atoms with van der Waals surface area (Å²) in [4.78, 5) is 33.6. The second kappa shape index (κ2) is 10.5. The Hall–Kier alpha value is -3.06. The normalized spacial score (nSPS) is 11.5. The second-order valence-corrected chi connectivity index (χ2v) is 6.94. The van der Waals surface area contributed by atoms with E-state index in [-0.39, 0.29) is 19.3 Å². The number of carbonyl (C=O) groups is 3. The smallest absolute Gasteiger partial charge is 0.305 e. The highest BCUT2D eigenvalue weighted by molar-refractivity contribution is 6.31. The van der Waals surface area contributed by atoms with Gasteiger partial charge in [0.1, 0.15) is 5.75 Å². The monoisotopic (exact) mass is 419 g/mol. The van der Waals surface area contributed by atoms with Crippen molar-refractivity contribution in [3.63, 3.8) is 0 Å². The number of aliphatic carboxylic acids is 2. The number of methoxy groups -OCH3 is 1. The van der Waals surface area contributed by atoms with E-state index in [1.807, 2.05) is 24.3 Å². The molecular formula is C21H22ClNO6. The van der Waals surface area contributed by atoms with Gasteiger partial charge in [-0.3, -0.25) is 14.4 Å². The van der Waals surface area contributed by atoms with E-state index in [0.717, 1.165) is 16.7 Å². The number of amides is 1. The molecule has 8 heteroatoms. The molecule has 154 valence electrons. The molecule has 0 bridgehead atoms. The molecule has 2 aromatic rings. The molecule has 0 spiro atoms. The Morgan fingerprint density at radius 2 is 1.72 bits per heavy atom. The van der Waals surface area contributed by atoms with Crippen molar-refractivity contribution in [2.24, 2.45) is 0 Å². The first kappa shape index (κ1) is 22.2. The molecule has 0 aliphatic rings. The summed E-state index contributed by atoms with van der Waals surface area (Å²) in [6.07, 6.45) is -0.457. The number of carboxylic acids is 2. The average Bonchev–Trinajstić information content (AvgIpc) is 2.66. The highest BCUT2D eigenvalue weighted by Crippen LogP contribution is 2.32. The maximum Gasteiger partial charge on any atom is 0.305 e. The van der Waals surface area contributed by atoms with Crippen molar-refractivity contribution in [2.45, 2.75) is 31.7 Å². The van der Waals surface area contributed by atoms with E-state index in [0.29, 0.717) is 17.2 Å². The molecular weight excluding hydrogens is 398 g/mol. The summed E-state index contributed by atoms with van der Waals surface area (Å²) in [5.41, 5.74) is 2.54. The minimum absolute atomic E-state index is 0.195. The van der Waals surface area contributed by atoms with Crippen molar-refractivity contribution in [1.82, 2.24) is 5.32 Å². The minimum atomic E-state index is -1.08. The zero-order chi connectivity index (χ0) is 21.4. The van der Waals surface area contributed by atoms with Crippen molar-refractivity contribution >= 4 is 29.4 Å². The Kier molecular flexibility index (Phi) is 8.03. The van der Waals surface area contributed by atoms with E-state index in [2.05, 4.69) is 5.32 Å². The fraction of sp³-hybridized carbons (Fsp3) is 0.286. The SMILES string of the molecule is COc1ccc(Cl)cc1-c1ccc(CC(CC(=O)O)NC(=O)CCC(=O)O)cc1. The van der Waals surface area contributed by atoms with Gasteiger partial charge in [-0.1, -0.05) is 35.9 Å². The quantitative estimate of drug-likeness (QED) is 0.544. The molecule has 7 nitrogen and oxygen atoms in total. The number of carbonyl (C=O) groups excluding carboxylic acids is 1. The number of carboxylic acid groups (broad SMARTS) is 2. The van der Waals surface area contributed by atoms with Crippen LogP contribution in [0.3, 0.4) is 0 Å². The third-order valence-electron chi connectivity index (χ3n) is 4.26. The van der Waals surface area contributed by atoms with Crippen LogP contribution in [0.25, 0.3) is 11.1 Å².